The number of hydrogen-bond donors (Lipinski definition) is 0. The minimum atomic E-state index is -0.465. The first-order valence-electron chi connectivity index (χ1n) is 5.73. The standard InChI is InChI=1S/C13H15NO3S/c1-8(2)6-12-14-7-11(18-12)9-4-5-10(17-9)13(15)16-3/h4-5,7-8H,6H2,1-3H3. The molecular formula is C13H15NO3S. The Morgan fingerprint density at radius 2 is 2.28 bits per heavy atom. The van der Waals surface area contributed by atoms with E-state index in [0.29, 0.717) is 11.7 Å². The van der Waals surface area contributed by atoms with Gasteiger partial charge in [0.2, 0.25) is 5.76 Å². The highest BCUT2D eigenvalue weighted by Gasteiger charge is 2.14. The third-order valence-electron chi connectivity index (χ3n) is 2.37. The summed E-state index contributed by atoms with van der Waals surface area (Å²) in [5, 5.41) is 1.08. The molecule has 0 aliphatic heterocycles. The second-order valence-corrected chi connectivity index (χ2v) is 5.49. The SMILES string of the molecule is COC(=O)c1ccc(-c2cnc(CC(C)C)s2)o1. The lowest BCUT2D eigenvalue weighted by molar-refractivity contribution is 0.0566. The number of thiazole rings is 1. The molecule has 2 aromatic rings. The van der Waals surface area contributed by atoms with E-state index in [-0.39, 0.29) is 5.76 Å². The number of hydrogen-bond acceptors (Lipinski definition) is 5. The number of nitrogens with zero attached hydrogens (tertiary/aromatic N) is 1. The zero-order valence-electron chi connectivity index (χ0n) is 10.6. The van der Waals surface area contributed by atoms with E-state index >= 15 is 0 Å². The first-order chi connectivity index (χ1) is 8.60. The lowest BCUT2D eigenvalue weighted by Crippen LogP contribution is -1.97. The van der Waals surface area contributed by atoms with Gasteiger partial charge in [-0.15, -0.1) is 11.3 Å². The van der Waals surface area contributed by atoms with E-state index in [2.05, 4.69) is 23.6 Å². The van der Waals surface area contributed by atoms with Crippen molar-refractivity contribution in [1.82, 2.24) is 4.98 Å². The molecule has 0 aliphatic carbocycles. The molecule has 18 heavy (non-hydrogen) atoms. The van der Waals surface area contributed by atoms with Crippen LogP contribution in [0.15, 0.2) is 22.7 Å². The fourth-order valence-electron chi connectivity index (χ4n) is 1.55. The lowest BCUT2D eigenvalue weighted by Gasteiger charge is -1.98. The topological polar surface area (TPSA) is 52.3 Å². The van der Waals surface area contributed by atoms with Gasteiger partial charge < -0.3 is 9.15 Å². The molecule has 0 saturated heterocycles. The number of esters is 1. The van der Waals surface area contributed by atoms with Gasteiger partial charge in [-0.3, -0.25) is 0 Å². The first kappa shape index (κ1) is 12.8. The summed E-state index contributed by atoms with van der Waals surface area (Å²) in [5.74, 6) is 0.980. The molecule has 0 atom stereocenters. The van der Waals surface area contributed by atoms with Gasteiger partial charge >= 0.3 is 5.97 Å². The summed E-state index contributed by atoms with van der Waals surface area (Å²) < 4.78 is 10.0. The van der Waals surface area contributed by atoms with Crippen molar-refractivity contribution in [2.45, 2.75) is 20.3 Å². The molecule has 2 heterocycles. The molecular weight excluding hydrogens is 250 g/mol. The van der Waals surface area contributed by atoms with Crippen molar-refractivity contribution >= 4 is 17.3 Å². The third kappa shape index (κ3) is 2.79. The van der Waals surface area contributed by atoms with Gasteiger partial charge in [0, 0.05) is 12.6 Å². The highest BCUT2D eigenvalue weighted by atomic mass is 32.1. The Labute approximate surface area is 110 Å². The number of aromatic nitrogens is 1. The minimum Gasteiger partial charge on any atom is -0.463 e. The number of furan rings is 1. The van der Waals surface area contributed by atoms with E-state index in [1.54, 1.807) is 29.7 Å². The monoisotopic (exact) mass is 265 g/mol. The molecule has 0 amide bonds. The molecule has 2 aromatic heterocycles. The van der Waals surface area contributed by atoms with Gasteiger partial charge in [-0.25, -0.2) is 9.78 Å². The summed E-state index contributed by atoms with van der Waals surface area (Å²) in [6.45, 7) is 4.31. The van der Waals surface area contributed by atoms with Gasteiger partial charge in [-0.05, 0) is 18.1 Å². The molecule has 0 unspecified atom stereocenters. The Morgan fingerprint density at radius 3 is 2.94 bits per heavy atom. The lowest BCUT2D eigenvalue weighted by atomic mass is 10.1. The van der Waals surface area contributed by atoms with E-state index in [0.717, 1.165) is 16.3 Å². The van der Waals surface area contributed by atoms with Crippen molar-refractivity contribution in [3.8, 4) is 10.6 Å². The van der Waals surface area contributed by atoms with Crippen LogP contribution in [-0.2, 0) is 11.2 Å². The Kier molecular flexibility index (Phi) is 3.81. The predicted octanol–water partition coefficient (Wildman–Crippen LogP) is 3.39. The van der Waals surface area contributed by atoms with Crippen LogP contribution >= 0.6 is 11.3 Å². The highest BCUT2D eigenvalue weighted by Crippen LogP contribution is 2.29. The van der Waals surface area contributed by atoms with Gasteiger partial charge in [-0.1, -0.05) is 13.8 Å². The molecule has 96 valence electrons. The molecule has 0 aliphatic rings. The van der Waals surface area contributed by atoms with Crippen molar-refractivity contribution in [3.63, 3.8) is 0 Å². The third-order valence-corrected chi connectivity index (χ3v) is 3.41. The van der Waals surface area contributed by atoms with Gasteiger partial charge in [0.1, 0.15) is 5.76 Å². The molecule has 0 aromatic carbocycles. The summed E-state index contributed by atoms with van der Waals surface area (Å²) in [4.78, 5) is 16.6. The zero-order chi connectivity index (χ0) is 13.1. The fourth-order valence-corrected chi connectivity index (χ4v) is 2.64. The van der Waals surface area contributed by atoms with E-state index in [1.165, 1.54) is 7.11 Å². The molecule has 0 saturated carbocycles. The van der Waals surface area contributed by atoms with Crippen LogP contribution in [0, 0.1) is 5.92 Å². The number of carbonyl (C=O) groups excluding carboxylic acids is 1. The van der Waals surface area contributed by atoms with Crippen molar-refractivity contribution in [2.75, 3.05) is 7.11 Å². The van der Waals surface area contributed by atoms with Gasteiger partial charge in [0.15, 0.2) is 0 Å². The maximum atomic E-state index is 11.3. The maximum Gasteiger partial charge on any atom is 0.373 e. The fraction of sp³-hybridized carbons (Fsp3) is 0.385. The molecule has 0 spiro atoms. The van der Waals surface area contributed by atoms with E-state index in [9.17, 15) is 4.79 Å². The quantitative estimate of drug-likeness (QED) is 0.795. The van der Waals surface area contributed by atoms with Crippen LogP contribution in [0.2, 0.25) is 0 Å². The number of rotatable bonds is 4. The van der Waals surface area contributed by atoms with Gasteiger partial charge in [0.05, 0.1) is 17.0 Å². The van der Waals surface area contributed by atoms with Crippen LogP contribution < -0.4 is 0 Å². The molecule has 0 bridgehead atoms. The van der Waals surface area contributed by atoms with Crippen molar-refractivity contribution in [1.29, 1.82) is 0 Å². The minimum absolute atomic E-state index is 0.214. The number of carbonyl (C=O) groups is 1. The zero-order valence-corrected chi connectivity index (χ0v) is 11.4. The van der Waals surface area contributed by atoms with Gasteiger partial charge in [-0.2, -0.15) is 0 Å². The molecule has 0 radical (unpaired) electrons. The molecule has 2 rings (SSSR count). The molecule has 0 fully saturated rings. The average molecular weight is 265 g/mol. The number of ether oxygens (including phenoxy) is 1. The van der Waals surface area contributed by atoms with Crippen molar-refractivity contribution in [2.24, 2.45) is 5.92 Å². The highest BCUT2D eigenvalue weighted by molar-refractivity contribution is 7.15. The number of methoxy groups -OCH3 is 1. The Hall–Kier alpha value is -1.62. The van der Waals surface area contributed by atoms with Crippen molar-refractivity contribution < 1.29 is 13.9 Å². The first-order valence-corrected chi connectivity index (χ1v) is 6.55. The van der Waals surface area contributed by atoms with E-state index in [1.807, 2.05) is 0 Å². The Balaban J connectivity index is 2.18. The average Bonchev–Trinajstić information content (AvgIpc) is 2.95. The molecule has 5 heteroatoms. The smallest absolute Gasteiger partial charge is 0.373 e. The summed E-state index contributed by atoms with van der Waals surface area (Å²) in [7, 11) is 1.33. The normalized spacial score (nSPS) is 10.9. The van der Waals surface area contributed by atoms with E-state index in [4.69, 9.17) is 4.42 Å². The van der Waals surface area contributed by atoms with Crippen molar-refractivity contribution in [3.05, 3.63) is 29.1 Å². The summed E-state index contributed by atoms with van der Waals surface area (Å²) in [5.41, 5.74) is 0. The molecule has 0 N–H and O–H groups in total. The maximum absolute atomic E-state index is 11.3. The predicted molar refractivity (Wildman–Crippen MR) is 69.7 cm³/mol. The Bertz CT molecular complexity index is 542. The van der Waals surface area contributed by atoms with Gasteiger partial charge in [0.25, 0.3) is 0 Å². The van der Waals surface area contributed by atoms with Crippen LogP contribution in [0.1, 0.15) is 29.4 Å². The second-order valence-electron chi connectivity index (χ2n) is 4.37. The summed E-state index contributed by atoms with van der Waals surface area (Å²) in [6, 6.07) is 3.38. The van der Waals surface area contributed by atoms with Crippen LogP contribution in [-0.4, -0.2) is 18.1 Å². The second kappa shape index (κ2) is 5.35. The van der Waals surface area contributed by atoms with E-state index < -0.39 is 5.97 Å². The summed E-state index contributed by atoms with van der Waals surface area (Å²) in [6.07, 6.45) is 2.73. The van der Waals surface area contributed by atoms with Crippen LogP contribution in [0.5, 0.6) is 0 Å². The largest absolute Gasteiger partial charge is 0.463 e. The Morgan fingerprint density at radius 1 is 1.50 bits per heavy atom. The van der Waals surface area contributed by atoms with Crippen LogP contribution in [0.4, 0.5) is 0 Å². The summed E-state index contributed by atoms with van der Waals surface area (Å²) >= 11 is 1.59. The van der Waals surface area contributed by atoms with Crippen LogP contribution in [0.25, 0.3) is 10.6 Å². The molecule has 4 nitrogen and oxygen atoms in total. The van der Waals surface area contributed by atoms with Crippen LogP contribution in [0.3, 0.4) is 0 Å².